The van der Waals surface area contributed by atoms with Crippen LogP contribution in [0, 0.1) is 6.92 Å². The second kappa shape index (κ2) is 5.56. The molecule has 0 aliphatic rings. The maximum absolute atomic E-state index is 11.2. The molecule has 21 heavy (non-hydrogen) atoms. The van der Waals surface area contributed by atoms with Crippen LogP contribution in [0.4, 0.5) is 0 Å². The molecule has 4 nitrogen and oxygen atoms in total. The molecule has 0 fully saturated rings. The number of rotatable bonds is 3. The van der Waals surface area contributed by atoms with Crippen LogP contribution in [0.15, 0.2) is 36.4 Å². The first-order valence-corrected chi connectivity index (χ1v) is 6.77. The minimum Gasteiger partial charge on any atom is -0.477 e. The number of aromatic nitrogens is 1. The topological polar surface area (TPSA) is 59.4 Å². The normalized spacial score (nSPS) is 11.2. The standard InChI is InChI=1S/C17H19NO3/c1-11-5-10-14(16(19)20)15(18-11)21-13-8-6-12(7-9-13)17(2,3)4/h5-10H,1-4H3,(H,19,20). The lowest BCUT2D eigenvalue weighted by atomic mass is 9.87. The Bertz CT molecular complexity index is 655. The fourth-order valence-electron chi connectivity index (χ4n) is 1.91. The van der Waals surface area contributed by atoms with Gasteiger partial charge in [-0.2, -0.15) is 0 Å². The molecule has 1 aromatic heterocycles. The number of aromatic carboxylic acids is 1. The summed E-state index contributed by atoms with van der Waals surface area (Å²) < 4.78 is 5.63. The van der Waals surface area contributed by atoms with Crippen molar-refractivity contribution in [1.29, 1.82) is 0 Å². The smallest absolute Gasteiger partial charge is 0.341 e. The van der Waals surface area contributed by atoms with Gasteiger partial charge in [0.15, 0.2) is 0 Å². The highest BCUT2D eigenvalue weighted by Gasteiger charge is 2.16. The third-order valence-corrected chi connectivity index (χ3v) is 3.16. The van der Waals surface area contributed by atoms with E-state index in [9.17, 15) is 4.79 Å². The molecular weight excluding hydrogens is 266 g/mol. The molecule has 1 aromatic carbocycles. The molecule has 0 unspecified atom stereocenters. The predicted octanol–water partition coefficient (Wildman–Crippen LogP) is 4.18. The Hall–Kier alpha value is -2.36. The van der Waals surface area contributed by atoms with E-state index in [1.54, 1.807) is 13.0 Å². The zero-order chi connectivity index (χ0) is 15.6. The van der Waals surface area contributed by atoms with Crippen LogP contribution in [-0.2, 0) is 5.41 Å². The molecule has 0 saturated carbocycles. The summed E-state index contributed by atoms with van der Waals surface area (Å²) in [4.78, 5) is 15.3. The molecule has 2 rings (SSSR count). The average Bonchev–Trinajstić information content (AvgIpc) is 2.38. The van der Waals surface area contributed by atoms with Crippen molar-refractivity contribution in [2.75, 3.05) is 0 Å². The molecule has 0 aliphatic carbocycles. The average molecular weight is 285 g/mol. The van der Waals surface area contributed by atoms with Gasteiger partial charge >= 0.3 is 5.97 Å². The van der Waals surface area contributed by atoms with Gasteiger partial charge in [0.05, 0.1) is 0 Å². The number of carboxylic acid groups (broad SMARTS) is 1. The van der Waals surface area contributed by atoms with E-state index in [1.807, 2.05) is 24.3 Å². The second-order valence-electron chi connectivity index (χ2n) is 5.99. The van der Waals surface area contributed by atoms with E-state index >= 15 is 0 Å². The van der Waals surface area contributed by atoms with Gasteiger partial charge in [-0.05, 0) is 42.2 Å². The first-order chi connectivity index (χ1) is 9.77. The van der Waals surface area contributed by atoms with Crippen LogP contribution in [0.3, 0.4) is 0 Å². The van der Waals surface area contributed by atoms with Gasteiger partial charge in [0.1, 0.15) is 11.3 Å². The van der Waals surface area contributed by atoms with Crippen molar-refractivity contribution < 1.29 is 14.6 Å². The van der Waals surface area contributed by atoms with Crippen molar-refractivity contribution in [3.63, 3.8) is 0 Å². The zero-order valence-corrected chi connectivity index (χ0v) is 12.7. The summed E-state index contributed by atoms with van der Waals surface area (Å²) >= 11 is 0. The van der Waals surface area contributed by atoms with Crippen LogP contribution in [0.25, 0.3) is 0 Å². The van der Waals surface area contributed by atoms with E-state index in [0.717, 1.165) is 0 Å². The number of hydrogen-bond acceptors (Lipinski definition) is 3. The molecule has 0 amide bonds. The van der Waals surface area contributed by atoms with E-state index in [1.165, 1.54) is 11.6 Å². The highest BCUT2D eigenvalue weighted by Crippen LogP contribution is 2.27. The fraction of sp³-hybridized carbons (Fsp3) is 0.294. The molecule has 0 aliphatic heterocycles. The summed E-state index contributed by atoms with van der Waals surface area (Å²) in [5.41, 5.74) is 2.01. The van der Waals surface area contributed by atoms with Crippen molar-refractivity contribution in [1.82, 2.24) is 4.98 Å². The molecule has 1 heterocycles. The first kappa shape index (κ1) is 15.0. The van der Waals surface area contributed by atoms with E-state index < -0.39 is 5.97 Å². The SMILES string of the molecule is Cc1ccc(C(=O)O)c(Oc2ccc(C(C)(C)C)cc2)n1. The van der Waals surface area contributed by atoms with Crippen LogP contribution in [-0.4, -0.2) is 16.1 Å². The molecule has 2 aromatic rings. The molecular formula is C17H19NO3. The minimum atomic E-state index is -1.05. The number of aryl methyl sites for hydroxylation is 1. The second-order valence-corrected chi connectivity index (χ2v) is 5.99. The molecule has 0 bridgehead atoms. The van der Waals surface area contributed by atoms with E-state index in [4.69, 9.17) is 9.84 Å². The van der Waals surface area contributed by atoms with Crippen LogP contribution >= 0.6 is 0 Å². The molecule has 0 spiro atoms. The van der Waals surface area contributed by atoms with Crippen LogP contribution in [0.1, 0.15) is 42.4 Å². The van der Waals surface area contributed by atoms with Crippen molar-refractivity contribution in [3.8, 4) is 11.6 Å². The van der Waals surface area contributed by atoms with Gasteiger partial charge in [0, 0.05) is 5.69 Å². The number of carboxylic acids is 1. The molecule has 1 N–H and O–H groups in total. The van der Waals surface area contributed by atoms with Gasteiger partial charge in [-0.25, -0.2) is 9.78 Å². The molecule has 0 saturated heterocycles. The van der Waals surface area contributed by atoms with Gasteiger partial charge in [-0.3, -0.25) is 0 Å². The number of nitrogens with zero attached hydrogens (tertiary/aromatic N) is 1. The fourth-order valence-corrected chi connectivity index (χ4v) is 1.91. The monoisotopic (exact) mass is 285 g/mol. The largest absolute Gasteiger partial charge is 0.477 e. The lowest BCUT2D eigenvalue weighted by Gasteiger charge is -2.19. The van der Waals surface area contributed by atoms with E-state index in [2.05, 4.69) is 25.8 Å². The van der Waals surface area contributed by atoms with Crippen molar-refractivity contribution in [3.05, 3.63) is 53.2 Å². The van der Waals surface area contributed by atoms with Crippen LogP contribution < -0.4 is 4.74 Å². The first-order valence-electron chi connectivity index (χ1n) is 6.77. The Morgan fingerprint density at radius 2 is 1.71 bits per heavy atom. The summed E-state index contributed by atoms with van der Waals surface area (Å²) in [6, 6.07) is 10.8. The molecule has 4 heteroatoms. The van der Waals surface area contributed by atoms with Crippen molar-refractivity contribution in [2.24, 2.45) is 0 Å². The number of hydrogen-bond donors (Lipinski definition) is 1. The summed E-state index contributed by atoms with van der Waals surface area (Å²) in [7, 11) is 0. The Morgan fingerprint density at radius 1 is 1.10 bits per heavy atom. The highest BCUT2D eigenvalue weighted by molar-refractivity contribution is 5.90. The van der Waals surface area contributed by atoms with Gasteiger partial charge in [0.25, 0.3) is 0 Å². The summed E-state index contributed by atoms with van der Waals surface area (Å²) in [5.74, 6) is -0.363. The third kappa shape index (κ3) is 3.60. The quantitative estimate of drug-likeness (QED) is 0.919. The van der Waals surface area contributed by atoms with Crippen LogP contribution in [0.5, 0.6) is 11.6 Å². The molecule has 110 valence electrons. The third-order valence-electron chi connectivity index (χ3n) is 3.16. The summed E-state index contributed by atoms with van der Waals surface area (Å²) in [5, 5.41) is 9.17. The number of ether oxygens (including phenoxy) is 1. The van der Waals surface area contributed by atoms with E-state index in [0.29, 0.717) is 11.4 Å². The summed E-state index contributed by atoms with van der Waals surface area (Å²) in [6.45, 7) is 8.19. The lowest BCUT2D eigenvalue weighted by molar-refractivity contribution is 0.0693. The van der Waals surface area contributed by atoms with Gasteiger partial charge in [0.2, 0.25) is 5.88 Å². The Labute approximate surface area is 124 Å². The predicted molar refractivity (Wildman–Crippen MR) is 81.1 cm³/mol. The minimum absolute atomic E-state index is 0.0560. The van der Waals surface area contributed by atoms with Gasteiger partial charge in [-0.1, -0.05) is 32.9 Å². The van der Waals surface area contributed by atoms with Crippen molar-refractivity contribution in [2.45, 2.75) is 33.1 Å². The van der Waals surface area contributed by atoms with E-state index in [-0.39, 0.29) is 16.9 Å². The number of carbonyl (C=O) groups is 1. The molecule has 0 atom stereocenters. The number of pyridine rings is 1. The Kier molecular flexibility index (Phi) is 3.98. The highest BCUT2D eigenvalue weighted by atomic mass is 16.5. The number of benzene rings is 1. The van der Waals surface area contributed by atoms with Crippen molar-refractivity contribution >= 4 is 5.97 Å². The lowest BCUT2D eigenvalue weighted by Crippen LogP contribution is -2.10. The Balaban J connectivity index is 2.30. The Morgan fingerprint density at radius 3 is 2.24 bits per heavy atom. The zero-order valence-electron chi connectivity index (χ0n) is 12.7. The van der Waals surface area contributed by atoms with Crippen LogP contribution in [0.2, 0.25) is 0 Å². The van der Waals surface area contributed by atoms with Gasteiger partial charge < -0.3 is 9.84 Å². The molecule has 0 radical (unpaired) electrons. The maximum atomic E-state index is 11.2. The maximum Gasteiger partial charge on any atom is 0.341 e. The summed E-state index contributed by atoms with van der Waals surface area (Å²) in [6.07, 6.45) is 0. The van der Waals surface area contributed by atoms with Gasteiger partial charge in [-0.15, -0.1) is 0 Å².